The van der Waals surface area contributed by atoms with Crippen LogP contribution in [-0.2, 0) is 22.3 Å². The molecule has 0 radical (unpaired) electrons. The van der Waals surface area contributed by atoms with E-state index < -0.39 is 11.0 Å². The van der Waals surface area contributed by atoms with E-state index in [0.717, 1.165) is 47.4 Å². The number of rotatable bonds is 10. The van der Waals surface area contributed by atoms with Crippen molar-refractivity contribution in [2.75, 3.05) is 26.8 Å². The van der Waals surface area contributed by atoms with E-state index in [1.165, 1.54) is 5.56 Å². The summed E-state index contributed by atoms with van der Waals surface area (Å²) in [4.78, 5) is 7.25. The zero-order valence-electron chi connectivity index (χ0n) is 23.6. The molecule has 0 saturated carbocycles. The Bertz CT molecular complexity index is 1210. The zero-order chi connectivity index (χ0) is 27.6. The largest absolute Gasteiger partial charge is 0.383 e. The van der Waals surface area contributed by atoms with Gasteiger partial charge < -0.3 is 4.74 Å². The van der Waals surface area contributed by atoms with Crippen LogP contribution in [0.2, 0.25) is 0 Å². The molecule has 0 aliphatic carbocycles. The molecule has 0 saturated heterocycles. The minimum atomic E-state index is -1.14. The van der Waals surface area contributed by atoms with E-state index >= 15 is 0 Å². The van der Waals surface area contributed by atoms with Crippen LogP contribution in [0.1, 0.15) is 71.2 Å². The molecule has 0 fully saturated rings. The number of ether oxygens (including phenoxy) is 1. The fourth-order valence-corrected chi connectivity index (χ4v) is 4.62. The first-order valence-corrected chi connectivity index (χ1v) is 14.1. The predicted molar refractivity (Wildman–Crippen MR) is 156 cm³/mol. The third kappa shape index (κ3) is 8.44. The molecule has 7 heteroatoms. The van der Waals surface area contributed by atoms with Gasteiger partial charge in [0.1, 0.15) is 0 Å². The third-order valence-corrected chi connectivity index (χ3v) is 7.70. The van der Waals surface area contributed by atoms with Gasteiger partial charge in [0.05, 0.1) is 45.2 Å². The molecule has 0 amide bonds. The standard InChI is InChI=1S/C28H36N4O2S.C2H6/c1-7-32(14-15-34-6)19-24-17-26(30-27-16-21(18-29)8-13-25(24)27)23-11-9-22(10-12-23)20(2)31-35(33)28(3,4)5;1-2/h8-13,16-17,20,31H,7,14-15,19H2,1-6H3;1-2H3. The lowest BCUT2D eigenvalue weighted by Gasteiger charge is -2.22. The quantitative estimate of drug-likeness (QED) is 0.334. The lowest BCUT2D eigenvalue weighted by Crippen LogP contribution is -2.34. The van der Waals surface area contributed by atoms with Crippen molar-refractivity contribution in [3.63, 3.8) is 0 Å². The maximum atomic E-state index is 12.5. The Balaban J connectivity index is 0.00000235. The molecule has 37 heavy (non-hydrogen) atoms. The molecule has 2 aromatic carbocycles. The number of hydrogen-bond donors (Lipinski definition) is 1. The van der Waals surface area contributed by atoms with Crippen LogP contribution < -0.4 is 4.72 Å². The SMILES string of the molecule is CC.CCN(CCOC)Cc1cc(-c2ccc(C(C)NS(=O)C(C)(C)C)cc2)nc2cc(C#N)ccc12. The van der Waals surface area contributed by atoms with Crippen LogP contribution >= 0.6 is 0 Å². The minimum Gasteiger partial charge on any atom is -0.383 e. The lowest BCUT2D eigenvalue weighted by molar-refractivity contribution is 0.147. The van der Waals surface area contributed by atoms with Gasteiger partial charge in [0, 0.05) is 37.2 Å². The zero-order valence-corrected chi connectivity index (χ0v) is 24.4. The number of nitriles is 1. The third-order valence-electron chi connectivity index (χ3n) is 6.02. The van der Waals surface area contributed by atoms with Crippen LogP contribution in [0.25, 0.3) is 22.2 Å². The second-order valence-corrected chi connectivity index (χ2v) is 11.7. The fourth-order valence-electron chi connectivity index (χ4n) is 3.81. The van der Waals surface area contributed by atoms with Crippen LogP contribution in [0.5, 0.6) is 0 Å². The van der Waals surface area contributed by atoms with Gasteiger partial charge in [-0.25, -0.2) is 13.9 Å². The molecule has 200 valence electrons. The Morgan fingerprint density at radius 2 is 1.81 bits per heavy atom. The topological polar surface area (TPSA) is 78.2 Å². The summed E-state index contributed by atoms with van der Waals surface area (Å²) in [7, 11) is 0.577. The molecule has 0 bridgehead atoms. The Labute approximate surface area is 225 Å². The number of aromatic nitrogens is 1. The summed E-state index contributed by atoms with van der Waals surface area (Å²) in [5.41, 5.74) is 5.53. The average Bonchev–Trinajstić information content (AvgIpc) is 2.91. The van der Waals surface area contributed by atoms with Crippen molar-refractivity contribution in [1.82, 2.24) is 14.6 Å². The summed E-state index contributed by atoms with van der Waals surface area (Å²) >= 11 is 0. The summed E-state index contributed by atoms with van der Waals surface area (Å²) in [6, 6.07) is 18.3. The van der Waals surface area contributed by atoms with Gasteiger partial charge in [-0.1, -0.05) is 51.1 Å². The van der Waals surface area contributed by atoms with Crippen molar-refractivity contribution in [3.05, 3.63) is 65.2 Å². The highest BCUT2D eigenvalue weighted by Gasteiger charge is 2.21. The highest BCUT2D eigenvalue weighted by Crippen LogP contribution is 2.28. The van der Waals surface area contributed by atoms with Gasteiger partial charge in [-0.2, -0.15) is 5.26 Å². The predicted octanol–water partition coefficient (Wildman–Crippen LogP) is 6.38. The van der Waals surface area contributed by atoms with Gasteiger partial charge in [-0.15, -0.1) is 0 Å². The van der Waals surface area contributed by atoms with Crippen molar-refractivity contribution in [2.45, 2.75) is 65.8 Å². The molecule has 3 aromatic rings. The maximum absolute atomic E-state index is 12.5. The Morgan fingerprint density at radius 3 is 2.38 bits per heavy atom. The Morgan fingerprint density at radius 1 is 1.14 bits per heavy atom. The van der Waals surface area contributed by atoms with Crippen molar-refractivity contribution >= 4 is 21.9 Å². The van der Waals surface area contributed by atoms with Crippen molar-refractivity contribution in [2.24, 2.45) is 0 Å². The second-order valence-electron chi connectivity index (χ2n) is 9.71. The molecule has 2 atom stereocenters. The molecule has 1 N–H and O–H groups in total. The van der Waals surface area contributed by atoms with E-state index in [1.54, 1.807) is 7.11 Å². The van der Waals surface area contributed by atoms with Crippen molar-refractivity contribution in [3.8, 4) is 17.3 Å². The van der Waals surface area contributed by atoms with E-state index in [2.05, 4.69) is 52.9 Å². The minimum absolute atomic E-state index is 0.0404. The van der Waals surface area contributed by atoms with Crippen LogP contribution in [0.15, 0.2) is 48.5 Å². The highest BCUT2D eigenvalue weighted by atomic mass is 32.2. The number of nitrogens with zero attached hydrogens (tertiary/aromatic N) is 3. The maximum Gasteiger partial charge on any atom is 0.0992 e. The number of nitrogens with one attached hydrogen (secondary N) is 1. The first-order chi connectivity index (χ1) is 17.7. The summed E-state index contributed by atoms with van der Waals surface area (Å²) in [6.07, 6.45) is 0. The van der Waals surface area contributed by atoms with Gasteiger partial charge in [0.2, 0.25) is 0 Å². The molecular formula is C30H42N4O2S. The van der Waals surface area contributed by atoms with Crippen molar-refractivity contribution in [1.29, 1.82) is 5.26 Å². The normalized spacial score (nSPS) is 13.1. The van der Waals surface area contributed by atoms with Gasteiger partial charge in [0.15, 0.2) is 0 Å². The number of hydrogen-bond acceptors (Lipinski definition) is 5. The number of pyridine rings is 1. The lowest BCUT2D eigenvalue weighted by atomic mass is 10.0. The molecule has 6 nitrogen and oxygen atoms in total. The second kappa shape index (κ2) is 14.3. The first kappa shape index (κ1) is 30.6. The van der Waals surface area contributed by atoms with Gasteiger partial charge in [0.25, 0.3) is 0 Å². The van der Waals surface area contributed by atoms with Gasteiger partial charge in [-0.05, 0) is 63.6 Å². The molecular weight excluding hydrogens is 480 g/mol. The summed E-state index contributed by atoms with van der Waals surface area (Å²) in [5.74, 6) is 0. The molecule has 0 aliphatic heterocycles. The average molecular weight is 523 g/mol. The van der Waals surface area contributed by atoms with Gasteiger partial charge in [-0.3, -0.25) is 4.90 Å². The Hall–Kier alpha value is -2.63. The summed E-state index contributed by atoms with van der Waals surface area (Å²) in [6.45, 7) is 17.3. The van der Waals surface area contributed by atoms with Crippen molar-refractivity contribution < 1.29 is 8.95 Å². The van der Waals surface area contributed by atoms with E-state index in [0.29, 0.717) is 12.2 Å². The molecule has 1 heterocycles. The molecule has 2 unspecified atom stereocenters. The number of benzene rings is 2. The van der Waals surface area contributed by atoms with Gasteiger partial charge >= 0.3 is 0 Å². The molecule has 0 aliphatic rings. The van der Waals surface area contributed by atoms with E-state index in [4.69, 9.17) is 9.72 Å². The van der Waals surface area contributed by atoms with E-state index in [-0.39, 0.29) is 10.8 Å². The van der Waals surface area contributed by atoms with E-state index in [9.17, 15) is 9.47 Å². The van der Waals surface area contributed by atoms with Crippen LogP contribution in [0.4, 0.5) is 0 Å². The summed E-state index contributed by atoms with van der Waals surface area (Å²) < 4.78 is 20.6. The number of likely N-dealkylation sites (N-methyl/N-ethyl adjacent to an activating group) is 1. The van der Waals surface area contributed by atoms with Crippen LogP contribution in [0, 0.1) is 11.3 Å². The highest BCUT2D eigenvalue weighted by molar-refractivity contribution is 7.84. The smallest absolute Gasteiger partial charge is 0.0992 e. The molecule has 3 rings (SSSR count). The summed E-state index contributed by atoms with van der Waals surface area (Å²) in [5, 5.41) is 10.5. The molecule has 1 aromatic heterocycles. The monoisotopic (exact) mass is 522 g/mol. The van der Waals surface area contributed by atoms with Crippen LogP contribution in [0.3, 0.4) is 0 Å². The Kier molecular flexibility index (Phi) is 11.9. The van der Waals surface area contributed by atoms with Crippen LogP contribution in [-0.4, -0.2) is 45.6 Å². The fraction of sp³-hybridized carbons (Fsp3) is 0.467. The number of fused-ring (bicyclic) bond motifs is 1. The van der Waals surface area contributed by atoms with E-state index in [1.807, 2.05) is 59.7 Å². The first-order valence-electron chi connectivity index (χ1n) is 13.0. The number of methoxy groups -OCH3 is 1. The molecule has 0 spiro atoms.